The minimum absolute atomic E-state index is 0.121. The van der Waals surface area contributed by atoms with Gasteiger partial charge in [-0.1, -0.05) is 42.5 Å². The molecule has 1 aromatic heterocycles. The van der Waals surface area contributed by atoms with E-state index in [9.17, 15) is 9.18 Å². The number of piperidine rings is 1. The lowest BCUT2D eigenvalue weighted by Gasteiger charge is -2.33. The number of benzene rings is 2. The number of aromatic nitrogens is 4. The molecule has 156 valence electrons. The van der Waals surface area contributed by atoms with Crippen molar-refractivity contribution in [1.29, 1.82) is 0 Å². The van der Waals surface area contributed by atoms with Gasteiger partial charge in [-0.15, -0.1) is 5.10 Å². The summed E-state index contributed by atoms with van der Waals surface area (Å²) in [5.41, 5.74) is 7.25. The van der Waals surface area contributed by atoms with Crippen LogP contribution in [0, 0.1) is 11.7 Å². The lowest BCUT2D eigenvalue weighted by molar-refractivity contribution is -0.932. The zero-order valence-electron chi connectivity index (χ0n) is 16.7. The second-order valence-corrected chi connectivity index (χ2v) is 7.79. The Bertz CT molecular complexity index is 984. The molecular formula is C22H26FN6O+. The molecular weight excluding hydrogens is 383 g/mol. The number of carbonyl (C=O) groups excluding carboxylic acids is 1. The molecule has 0 unspecified atom stereocenters. The molecule has 1 amide bonds. The molecule has 3 N–H and O–H groups in total. The summed E-state index contributed by atoms with van der Waals surface area (Å²) in [6.45, 7) is 2.02. The normalized spacial score (nSPS) is 20.0. The third-order valence-electron chi connectivity index (χ3n) is 5.93. The molecule has 0 bridgehead atoms. The Morgan fingerprint density at radius 1 is 1.13 bits per heavy atom. The highest BCUT2D eigenvalue weighted by atomic mass is 19.1. The van der Waals surface area contributed by atoms with Gasteiger partial charge in [0.2, 0.25) is 11.7 Å². The van der Waals surface area contributed by atoms with Gasteiger partial charge in [-0.3, -0.25) is 4.79 Å². The van der Waals surface area contributed by atoms with Crippen LogP contribution >= 0.6 is 0 Å². The van der Waals surface area contributed by atoms with Crippen LogP contribution in [0.1, 0.15) is 35.8 Å². The number of carbonyl (C=O) groups is 1. The van der Waals surface area contributed by atoms with Crippen molar-refractivity contribution in [2.45, 2.75) is 31.8 Å². The van der Waals surface area contributed by atoms with E-state index in [2.05, 4.69) is 27.7 Å². The Labute approximate surface area is 174 Å². The third kappa shape index (κ3) is 4.38. The van der Waals surface area contributed by atoms with E-state index in [1.54, 1.807) is 16.8 Å². The number of nitrogens with two attached hydrogens (primary N) is 1. The Morgan fingerprint density at radius 3 is 2.53 bits per heavy atom. The van der Waals surface area contributed by atoms with Crippen LogP contribution in [-0.2, 0) is 17.8 Å². The van der Waals surface area contributed by atoms with E-state index in [1.807, 2.05) is 24.3 Å². The van der Waals surface area contributed by atoms with Gasteiger partial charge in [0.25, 0.3) is 0 Å². The first kappa shape index (κ1) is 20.2. The average molecular weight is 409 g/mol. The highest BCUT2D eigenvalue weighted by Crippen LogP contribution is 2.22. The summed E-state index contributed by atoms with van der Waals surface area (Å²) >= 11 is 0. The Morgan fingerprint density at radius 2 is 1.83 bits per heavy atom. The first-order valence-corrected chi connectivity index (χ1v) is 10.3. The van der Waals surface area contributed by atoms with Crippen LogP contribution in [0.5, 0.6) is 0 Å². The third-order valence-corrected chi connectivity index (χ3v) is 5.93. The fourth-order valence-electron chi connectivity index (χ4n) is 4.27. The fraction of sp³-hybridized carbons (Fsp3) is 0.364. The van der Waals surface area contributed by atoms with Crippen LogP contribution < -0.4 is 10.6 Å². The van der Waals surface area contributed by atoms with E-state index in [1.165, 1.54) is 11.6 Å². The van der Waals surface area contributed by atoms with Crippen molar-refractivity contribution >= 4 is 5.91 Å². The second-order valence-electron chi connectivity index (χ2n) is 7.79. The van der Waals surface area contributed by atoms with Crippen molar-refractivity contribution in [2.75, 3.05) is 13.1 Å². The van der Waals surface area contributed by atoms with Crippen LogP contribution in [0.2, 0.25) is 0 Å². The van der Waals surface area contributed by atoms with Gasteiger partial charge in [0, 0.05) is 25.3 Å². The zero-order chi connectivity index (χ0) is 20.9. The number of nitrogens with zero attached hydrogens (tertiary/aromatic N) is 4. The molecule has 0 radical (unpaired) electrons. The number of hydrogen-bond acceptors (Lipinski definition) is 4. The standard InChI is InChI=1S/C22H25FN6O/c23-19-9-5-4-8-18(19)20(28-13-11-17(12-14-28)21(24)30)22-25-26-27-29(22)15-10-16-6-2-1-3-7-16/h1-9,17,20H,10-15H2,(H2,24,30)/p+1/t20-/m1/s1. The van der Waals surface area contributed by atoms with E-state index >= 15 is 0 Å². The predicted molar refractivity (Wildman–Crippen MR) is 109 cm³/mol. The Kier molecular flexibility index (Phi) is 6.13. The molecule has 4 rings (SSSR count). The molecule has 7 nitrogen and oxygen atoms in total. The molecule has 1 fully saturated rings. The van der Waals surface area contributed by atoms with Crippen molar-refractivity contribution in [2.24, 2.45) is 11.7 Å². The van der Waals surface area contributed by atoms with E-state index in [0.29, 0.717) is 43.9 Å². The van der Waals surface area contributed by atoms with Crippen molar-refractivity contribution in [3.63, 3.8) is 0 Å². The maximum atomic E-state index is 14.8. The molecule has 2 heterocycles. The van der Waals surface area contributed by atoms with Gasteiger partial charge < -0.3 is 10.6 Å². The quantitative estimate of drug-likeness (QED) is 0.607. The van der Waals surface area contributed by atoms with Gasteiger partial charge >= 0.3 is 0 Å². The van der Waals surface area contributed by atoms with Crippen LogP contribution in [0.25, 0.3) is 0 Å². The van der Waals surface area contributed by atoms with Crippen LogP contribution in [0.15, 0.2) is 54.6 Å². The molecule has 3 aromatic rings. The van der Waals surface area contributed by atoms with Gasteiger partial charge in [0.1, 0.15) is 5.82 Å². The van der Waals surface area contributed by atoms with Gasteiger partial charge in [-0.2, -0.15) is 0 Å². The van der Waals surface area contributed by atoms with Crippen LogP contribution in [0.3, 0.4) is 0 Å². The first-order chi connectivity index (χ1) is 14.6. The topological polar surface area (TPSA) is 91.1 Å². The highest BCUT2D eigenvalue weighted by molar-refractivity contribution is 5.76. The number of halogens is 1. The minimum Gasteiger partial charge on any atom is -0.369 e. The van der Waals surface area contributed by atoms with Crippen molar-refractivity contribution < 1.29 is 14.1 Å². The molecule has 1 aliphatic heterocycles. The number of rotatable bonds is 7. The summed E-state index contributed by atoms with van der Waals surface area (Å²) < 4.78 is 16.6. The van der Waals surface area contributed by atoms with E-state index in [0.717, 1.165) is 11.3 Å². The molecule has 1 saturated heterocycles. The monoisotopic (exact) mass is 409 g/mol. The van der Waals surface area contributed by atoms with E-state index < -0.39 is 0 Å². The number of primary amides is 1. The maximum absolute atomic E-state index is 14.8. The largest absolute Gasteiger partial charge is 0.369 e. The lowest BCUT2D eigenvalue weighted by atomic mass is 9.93. The molecule has 2 aromatic carbocycles. The van der Waals surface area contributed by atoms with Gasteiger partial charge in [0.15, 0.2) is 6.04 Å². The second kappa shape index (κ2) is 9.13. The molecule has 1 aliphatic rings. The fourth-order valence-corrected chi connectivity index (χ4v) is 4.27. The molecule has 8 heteroatoms. The summed E-state index contributed by atoms with van der Waals surface area (Å²) in [7, 11) is 0. The van der Waals surface area contributed by atoms with Crippen molar-refractivity contribution in [3.8, 4) is 0 Å². The number of quaternary nitrogens is 1. The maximum Gasteiger partial charge on any atom is 0.220 e. The predicted octanol–water partition coefficient (Wildman–Crippen LogP) is 0.925. The smallest absolute Gasteiger partial charge is 0.220 e. The minimum atomic E-state index is -0.342. The number of aryl methyl sites for hydroxylation is 2. The van der Waals surface area contributed by atoms with E-state index in [-0.39, 0.29) is 23.7 Å². The first-order valence-electron chi connectivity index (χ1n) is 10.3. The van der Waals surface area contributed by atoms with E-state index in [4.69, 9.17) is 5.73 Å². The number of amides is 1. The summed E-state index contributed by atoms with van der Waals surface area (Å²) in [6.07, 6.45) is 2.14. The highest BCUT2D eigenvalue weighted by Gasteiger charge is 2.37. The molecule has 0 aliphatic carbocycles. The molecule has 30 heavy (non-hydrogen) atoms. The Balaban J connectivity index is 1.62. The van der Waals surface area contributed by atoms with Crippen molar-refractivity contribution in [1.82, 2.24) is 20.2 Å². The summed E-state index contributed by atoms with van der Waals surface area (Å²) in [6, 6.07) is 16.6. The Hall–Kier alpha value is -3.13. The van der Waals surface area contributed by atoms with Crippen LogP contribution in [0.4, 0.5) is 4.39 Å². The number of nitrogens with one attached hydrogen (secondary N) is 1. The molecule has 0 saturated carbocycles. The number of likely N-dealkylation sites (tertiary alicyclic amines) is 1. The zero-order valence-corrected chi connectivity index (χ0v) is 16.7. The van der Waals surface area contributed by atoms with Crippen molar-refractivity contribution in [3.05, 3.63) is 77.4 Å². The lowest BCUT2D eigenvalue weighted by Crippen LogP contribution is -3.13. The number of tetrazole rings is 1. The molecule has 1 atom stereocenters. The number of hydrogen-bond donors (Lipinski definition) is 2. The SMILES string of the molecule is NC(=O)C1CC[NH+]([C@H](c2ccccc2F)c2nnnn2CCc2ccccc2)CC1. The summed E-state index contributed by atoms with van der Waals surface area (Å²) in [4.78, 5) is 12.7. The summed E-state index contributed by atoms with van der Waals surface area (Å²) in [5, 5.41) is 12.4. The summed E-state index contributed by atoms with van der Waals surface area (Å²) in [5.74, 6) is -0.0125. The van der Waals surface area contributed by atoms with Gasteiger partial charge in [-0.25, -0.2) is 9.07 Å². The average Bonchev–Trinajstić information content (AvgIpc) is 3.23. The van der Waals surface area contributed by atoms with Crippen LogP contribution in [-0.4, -0.2) is 39.2 Å². The van der Waals surface area contributed by atoms with Gasteiger partial charge in [-0.05, 0) is 34.5 Å². The van der Waals surface area contributed by atoms with Gasteiger partial charge in [0.05, 0.1) is 18.7 Å². The molecule has 0 spiro atoms.